The van der Waals surface area contributed by atoms with E-state index in [2.05, 4.69) is 15.0 Å². The number of pyridine rings is 1. The molecule has 0 atom stereocenters. The number of alkyl halides is 3. The molecule has 0 aliphatic rings. The van der Waals surface area contributed by atoms with Crippen molar-refractivity contribution in [1.82, 2.24) is 10.3 Å². The van der Waals surface area contributed by atoms with Gasteiger partial charge in [0.2, 0.25) is 11.8 Å². The Hall–Kier alpha value is -2.97. The third kappa shape index (κ3) is 6.98. The number of benzene rings is 1. The quantitative estimate of drug-likeness (QED) is 0.702. The highest BCUT2D eigenvalue weighted by Crippen LogP contribution is 2.25. The Balaban J connectivity index is 1.86. The van der Waals surface area contributed by atoms with Crippen LogP contribution in [-0.4, -0.2) is 37.9 Å². The van der Waals surface area contributed by atoms with Crippen LogP contribution in [0.1, 0.15) is 17.5 Å². The van der Waals surface area contributed by atoms with E-state index in [-0.39, 0.29) is 24.8 Å². The van der Waals surface area contributed by atoms with Crippen molar-refractivity contribution < 1.29 is 32.2 Å². The van der Waals surface area contributed by atoms with Gasteiger partial charge in [0.05, 0.1) is 14.2 Å². The Bertz CT molecular complexity index is 797. The molecule has 1 aromatic heterocycles. The molecule has 9 heteroatoms. The molecule has 2 rings (SSSR count). The van der Waals surface area contributed by atoms with Crippen molar-refractivity contribution in [2.45, 2.75) is 25.6 Å². The average Bonchev–Trinajstić information content (AvgIpc) is 2.68. The zero-order valence-electron chi connectivity index (χ0n) is 15.5. The number of nitrogens with one attached hydrogen (secondary N) is 1. The van der Waals surface area contributed by atoms with Gasteiger partial charge in [-0.05, 0) is 41.8 Å². The fourth-order valence-corrected chi connectivity index (χ4v) is 2.41. The third-order valence-corrected chi connectivity index (χ3v) is 3.78. The Labute approximate surface area is 160 Å². The summed E-state index contributed by atoms with van der Waals surface area (Å²) < 4.78 is 51.6. The second kappa shape index (κ2) is 9.82. The van der Waals surface area contributed by atoms with Gasteiger partial charge in [-0.15, -0.1) is 0 Å². The minimum Gasteiger partial charge on any atom is -0.497 e. The molecule has 0 bridgehead atoms. The van der Waals surface area contributed by atoms with Crippen LogP contribution in [0.3, 0.4) is 0 Å². The van der Waals surface area contributed by atoms with Gasteiger partial charge in [-0.1, -0.05) is 0 Å². The molecule has 6 nitrogen and oxygen atoms in total. The Kier molecular flexibility index (Phi) is 7.48. The summed E-state index contributed by atoms with van der Waals surface area (Å²) in [5.74, 6) is 0.971. The van der Waals surface area contributed by atoms with E-state index in [9.17, 15) is 18.0 Å². The molecular formula is C19H21F3N2O4. The summed E-state index contributed by atoms with van der Waals surface area (Å²) in [6.07, 6.45) is -2.45. The van der Waals surface area contributed by atoms with Gasteiger partial charge in [-0.25, -0.2) is 4.98 Å². The fourth-order valence-electron chi connectivity index (χ4n) is 2.41. The van der Waals surface area contributed by atoms with Crippen molar-refractivity contribution in [3.8, 4) is 17.4 Å². The van der Waals surface area contributed by atoms with Crippen LogP contribution in [0.5, 0.6) is 17.4 Å². The first-order valence-corrected chi connectivity index (χ1v) is 8.43. The average molecular weight is 398 g/mol. The molecule has 0 radical (unpaired) electrons. The topological polar surface area (TPSA) is 69.7 Å². The number of rotatable bonds is 9. The monoisotopic (exact) mass is 398 g/mol. The molecule has 1 heterocycles. The van der Waals surface area contributed by atoms with Crippen LogP contribution in [0, 0.1) is 0 Å². The van der Waals surface area contributed by atoms with Crippen LogP contribution in [0.25, 0.3) is 0 Å². The molecule has 0 saturated heterocycles. The van der Waals surface area contributed by atoms with Crippen molar-refractivity contribution in [1.29, 1.82) is 0 Å². The zero-order chi connectivity index (χ0) is 20.6. The van der Waals surface area contributed by atoms with E-state index in [0.717, 1.165) is 5.56 Å². The first-order valence-electron chi connectivity index (χ1n) is 8.43. The lowest BCUT2D eigenvalue weighted by molar-refractivity contribution is -0.154. The summed E-state index contributed by atoms with van der Waals surface area (Å²) in [6, 6.07) is 8.29. The van der Waals surface area contributed by atoms with E-state index < -0.39 is 12.8 Å². The maximum atomic E-state index is 12.2. The second-order valence-corrected chi connectivity index (χ2v) is 5.86. The summed E-state index contributed by atoms with van der Waals surface area (Å²) in [6.45, 7) is -1.27. The van der Waals surface area contributed by atoms with Crippen molar-refractivity contribution in [2.75, 3.05) is 20.8 Å². The smallest absolute Gasteiger partial charge is 0.422 e. The number of ether oxygens (including phenoxy) is 3. The van der Waals surface area contributed by atoms with Crippen LogP contribution in [0.2, 0.25) is 0 Å². The summed E-state index contributed by atoms with van der Waals surface area (Å²) in [5, 5.41) is 2.72. The van der Waals surface area contributed by atoms with Crippen LogP contribution in [0.15, 0.2) is 36.5 Å². The van der Waals surface area contributed by atoms with Crippen LogP contribution in [0.4, 0.5) is 13.2 Å². The first-order chi connectivity index (χ1) is 13.3. The van der Waals surface area contributed by atoms with E-state index in [4.69, 9.17) is 9.47 Å². The minimum atomic E-state index is -4.44. The first kappa shape index (κ1) is 21.3. The molecule has 152 valence electrons. The number of carbonyl (C=O) groups excluding carboxylic acids is 1. The lowest BCUT2D eigenvalue weighted by atomic mass is 10.1. The van der Waals surface area contributed by atoms with Gasteiger partial charge in [0.1, 0.15) is 11.5 Å². The lowest BCUT2D eigenvalue weighted by Crippen LogP contribution is -2.23. The minimum absolute atomic E-state index is 0.148. The highest BCUT2D eigenvalue weighted by atomic mass is 19.4. The van der Waals surface area contributed by atoms with Crippen molar-refractivity contribution in [3.05, 3.63) is 47.7 Å². The molecule has 1 N–H and O–H groups in total. The molecular weight excluding hydrogens is 377 g/mol. The van der Waals surface area contributed by atoms with Gasteiger partial charge in [-0.3, -0.25) is 4.79 Å². The highest BCUT2D eigenvalue weighted by Gasteiger charge is 2.28. The van der Waals surface area contributed by atoms with E-state index >= 15 is 0 Å². The Morgan fingerprint density at radius 3 is 2.61 bits per heavy atom. The maximum Gasteiger partial charge on any atom is 0.422 e. The number of hydrogen-bond acceptors (Lipinski definition) is 5. The van der Waals surface area contributed by atoms with Crippen molar-refractivity contribution in [3.63, 3.8) is 0 Å². The molecule has 0 aliphatic heterocycles. The number of halogens is 3. The molecule has 0 aliphatic carbocycles. The molecule has 1 aromatic carbocycles. The van der Waals surface area contributed by atoms with E-state index in [1.165, 1.54) is 12.3 Å². The second-order valence-electron chi connectivity index (χ2n) is 5.86. The molecule has 0 unspecified atom stereocenters. The normalized spacial score (nSPS) is 11.0. The summed E-state index contributed by atoms with van der Waals surface area (Å²) in [5.41, 5.74) is 1.42. The maximum absolute atomic E-state index is 12.2. The molecule has 2 aromatic rings. The molecule has 0 saturated carbocycles. The third-order valence-electron chi connectivity index (χ3n) is 3.78. The van der Waals surface area contributed by atoms with Gasteiger partial charge < -0.3 is 19.5 Å². The van der Waals surface area contributed by atoms with Gasteiger partial charge in [0, 0.05) is 25.2 Å². The SMILES string of the molecule is COc1ccc(OC)c(CCC(=O)NCc2ccnc(OCC(F)(F)F)c2)c1. The standard InChI is InChI=1S/C19H21F3N2O4/c1-26-15-4-5-16(27-2)14(10-15)3-6-17(25)24-11-13-7-8-23-18(9-13)28-12-19(20,21)22/h4-5,7-10H,3,6,11-12H2,1-2H3,(H,24,25). The molecule has 0 fully saturated rings. The van der Waals surface area contributed by atoms with Crippen LogP contribution in [-0.2, 0) is 17.8 Å². The van der Waals surface area contributed by atoms with Crippen LogP contribution >= 0.6 is 0 Å². The predicted octanol–water partition coefficient (Wildman–Crippen LogP) is 3.29. The van der Waals surface area contributed by atoms with Gasteiger partial charge in [0.25, 0.3) is 0 Å². The Morgan fingerprint density at radius 1 is 1.14 bits per heavy atom. The van der Waals surface area contributed by atoms with E-state index in [1.807, 2.05) is 0 Å². The molecule has 1 amide bonds. The van der Waals surface area contributed by atoms with Crippen LogP contribution < -0.4 is 19.5 Å². The number of methoxy groups -OCH3 is 2. The van der Waals surface area contributed by atoms with Gasteiger partial charge in [0.15, 0.2) is 6.61 Å². The predicted molar refractivity (Wildman–Crippen MR) is 95.5 cm³/mol. The van der Waals surface area contributed by atoms with E-state index in [1.54, 1.807) is 38.5 Å². The molecule has 28 heavy (non-hydrogen) atoms. The fraction of sp³-hybridized carbons (Fsp3) is 0.368. The van der Waals surface area contributed by atoms with Crippen molar-refractivity contribution in [2.24, 2.45) is 0 Å². The van der Waals surface area contributed by atoms with Crippen molar-refractivity contribution >= 4 is 5.91 Å². The number of carbonyl (C=O) groups is 1. The summed E-state index contributed by atoms with van der Waals surface area (Å²) >= 11 is 0. The van der Waals surface area contributed by atoms with Gasteiger partial charge in [-0.2, -0.15) is 13.2 Å². The zero-order valence-corrected chi connectivity index (χ0v) is 15.5. The summed E-state index contributed by atoms with van der Waals surface area (Å²) in [4.78, 5) is 15.8. The Morgan fingerprint density at radius 2 is 1.93 bits per heavy atom. The highest BCUT2D eigenvalue weighted by molar-refractivity contribution is 5.76. The summed E-state index contributed by atoms with van der Waals surface area (Å²) in [7, 11) is 3.10. The van der Waals surface area contributed by atoms with E-state index in [0.29, 0.717) is 23.5 Å². The number of nitrogens with zero attached hydrogens (tertiary/aromatic N) is 1. The largest absolute Gasteiger partial charge is 0.497 e. The number of hydrogen-bond donors (Lipinski definition) is 1. The number of amides is 1. The number of aromatic nitrogens is 1. The number of aryl methyl sites for hydroxylation is 1. The van der Waals surface area contributed by atoms with Gasteiger partial charge >= 0.3 is 6.18 Å². The molecule has 0 spiro atoms. The lowest BCUT2D eigenvalue weighted by Gasteiger charge is -2.11.